The molecule has 0 aromatic carbocycles. The molecule has 1 aliphatic rings. The van der Waals surface area contributed by atoms with Gasteiger partial charge in [0.25, 0.3) is 0 Å². The minimum atomic E-state index is -1.05. The molecule has 1 heterocycles. The summed E-state index contributed by atoms with van der Waals surface area (Å²) in [6.45, 7) is 4.28. The number of unbranched alkanes of at least 4 members (excludes halogenated alkanes) is 1. The van der Waals surface area contributed by atoms with Gasteiger partial charge < -0.3 is 32.1 Å². The van der Waals surface area contributed by atoms with Gasteiger partial charge in [-0.3, -0.25) is 14.4 Å². The molecular weight excluding hydrogens is 378 g/mol. The van der Waals surface area contributed by atoms with E-state index in [-0.39, 0.29) is 12.5 Å². The number of amides is 3. The summed E-state index contributed by atoms with van der Waals surface area (Å²) in [6.07, 6.45) is 3.29. The quantitative estimate of drug-likeness (QED) is 0.260. The first kappa shape index (κ1) is 24.8. The third-order valence-electron chi connectivity index (χ3n) is 5.38. The molecule has 0 bridgehead atoms. The van der Waals surface area contributed by atoms with Gasteiger partial charge in [0.1, 0.15) is 18.1 Å². The van der Waals surface area contributed by atoms with Crippen molar-refractivity contribution in [2.75, 3.05) is 19.6 Å². The molecule has 0 aliphatic carbocycles. The van der Waals surface area contributed by atoms with Gasteiger partial charge in [-0.25, -0.2) is 4.79 Å². The number of carbonyl (C=O) groups excluding carboxylic acids is 3. The van der Waals surface area contributed by atoms with E-state index in [1.54, 1.807) is 0 Å². The number of nitrogens with two attached hydrogens (primary N) is 2. The van der Waals surface area contributed by atoms with Crippen LogP contribution in [0.2, 0.25) is 0 Å². The summed E-state index contributed by atoms with van der Waals surface area (Å²) in [4.78, 5) is 50.4. The molecule has 29 heavy (non-hydrogen) atoms. The molecule has 1 aliphatic heterocycles. The van der Waals surface area contributed by atoms with Gasteiger partial charge in [-0.15, -0.1) is 0 Å². The van der Waals surface area contributed by atoms with Crippen molar-refractivity contribution in [2.24, 2.45) is 17.4 Å². The lowest BCUT2D eigenvalue weighted by atomic mass is 9.97. The summed E-state index contributed by atoms with van der Waals surface area (Å²) >= 11 is 0. The monoisotopic (exact) mass is 413 g/mol. The Balaban J connectivity index is 2.97. The fourth-order valence-electron chi connectivity index (χ4n) is 3.43. The maximum Gasteiger partial charge on any atom is 0.326 e. The SMILES string of the molecule is CCC(C)C(NC(=O)CN)C(=O)NC(CCCCN)C(=O)N1CCCC1C(=O)O. The zero-order valence-electron chi connectivity index (χ0n) is 17.4. The van der Waals surface area contributed by atoms with Gasteiger partial charge in [-0.2, -0.15) is 0 Å². The molecule has 3 amide bonds. The maximum absolute atomic E-state index is 13.0. The first-order valence-corrected chi connectivity index (χ1v) is 10.3. The molecule has 0 radical (unpaired) electrons. The highest BCUT2D eigenvalue weighted by Crippen LogP contribution is 2.20. The number of likely N-dealkylation sites (tertiary alicyclic amines) is 1. The van der Waals surface area contributed by atoms with Crippen molar-refractivity contribution in [1.29, 1.82) is 0 Å². The number of carbonyl (C=O) groups is 4. The number of nitrogens with zero attached hydrogens (tertiary/aromatic N) is 1. The summed E-state index contributed by atoms with van der Waals surface area (Å²) in [7, 11) is 0. The Morgan fingerprint density at radius 3 is 2.41 bits per heavy atom. The summed E-state index contributed by atoms with van der Waals surface area (Å²) in [6, 6.07) is -2.57. The van der Waals surface area contributed by atoms with Gasteiger partial charge in [0, 0.05) is 6.54 Å². The summed E-state index contributed by atoms with van der Waals surface area (Å²) in [5.41, 5.74) is 10.9. The van der Waals surface area contributed by atoms with Gasteiger partial charge in [-0.05, 0) is 44.6 Å². The molecule has 166 valence electrons. The van der Waals surface area contributed by atoms with E-state index in [0.29, 0.717) is 51.6 Å². The molecular formula is C19H35N5O5. The van der Waals surface area contributed by atoms with Crippen molar-refractivity contribution >= 4 is 23.7 Å². The number of aliphatic carboxylic acids is 1. The van der Waals surface area contributed by atoms with Crippen LogP contribution in [-0.2, 0) is 19.2 Å². The normalized spacial score (nSPS) is 19.3. The van der Waals surface area contributed by atoms with E-state index in [9.17, 15) is 24.3 Å². The molecule has 7 N–H and O–H groups in total. The lowest BCUT2D eigenvalue weighted by molar-refractivity contribution is -0.149. The third-order valence-corrected chi connectivity index (χ3v) is 5.38. The highest BCUT2D eigenvalue weighted by Gasteiger charge is 2.38. The molecule has 1 saturated heterocycles. The molecule has 0 spiro atoms. The van der Waals surface area contributed by atoms with E-state index in [1.165, 1.54) is 4.90 Å². The van der Waals surface area contributed by atoms with Gasteiger partial charge in [0.2, 0.25) is 17.7 Å². The van der Waals surface area contributed by atoms with Crippen LogP contribution in [0.4, 0.5) is 0 Å². The van der Waals surface area contributed by atoms with Crippen LogP contribution < -0.4 is 22.1 Å². The van der Waals surface area contributed by atoms with Crippen LogP contribution in [-0.4, -0.2) is 71.5 Å². The van der Waals surface area contributed by atoms with Crippen LogP contribution in [0.15, 0.2) is 0 Å². The zero-order chi connectivity index (χ0) is 22.0. The molecule has 10 nitrogen and oxygen atoms in total. The highest BCUT2D eigenvalue weighted by molar-refractivity contribution is 5.94. The average molecular weight is 414 g/mol. The third kappa shape index (κ3) is 7.28. The van der Waals surface area contributed by atoms with E-state index >= 15 is 0 Å². The highest BCUT2D eigenvalue weighted by atomic mass is 16.4. The minimum Gasteiger partial charge on any atom is -0.480 e. The lowest BCUT2D eigenvalue weighted by Gasteiger charge is -2.30. The lowest BCUT2D eigenvalue weighted by Crippen LogP contribution is -2.57. The molecule has 4 unspecified atom stereocenters. The number of nitrogens with one attached hydrogen (secondary N) is 2. The van der Waals surface area contributed by atoms with Crippen molar-refractivity contribution in [3.8, 4) is 0 Å². The number of hydrogen-bond donors (Lipinski definition) is 5. The Bertz CT molecular complexity index is 585. The molecule has 0 saturated carbocycles. The van der Waals surface area contributed by atoms with Crippen LogP contribution in [0.25, 0.3) is 0 Å². The predicted molar refractivity (Wildman–Crippen MR) is 108 cm³/mol. The van der Waals surface area contributed by atoms with Crippen molar-refractivity contribution in [3.63, 3.8) is 0 Å². The first-order chi connectivity index (χ1) is 13.8. The van der Waals surface area contributed by atoms with E-state index in [2.05, 4.69) is 10.6 Å². The second kappa shape index (κ2) is 12.4. The van der Waals surface area contributed by atoms with Gasteiger partial charge in [0.15, 0.2) is 0 Å². The van der Waals surface area contributed by atoms with Crippen LogP contribution in [0.5, 0.6) is 0 Å². The number of hydrogen-bond acceptors (Lipinski definition) is 6. The van der Waals surface area contributed by atoms with Gasteiger partial charge in [-0.1, -0.05) is 20.3 Å². The fraction of sp³-hybridized carbons (Fsp3) is 0.789. The van der Waals surface area contributed by atoms with Crippen LogP contribution in [0.1, 0.15) is 52.4 Å². The summed E-state index contributed by atoms with van der Waals surface area (Å²) in [5, 5.41) is 14.7. The summed E-state index contributed by atoms with van der Waals surface area (Å²) in [5.74, 6) is -2.55. The maximum atomic E-state index is 13.0. The smallest absolute Gasteiger partial charge is 0.326 e. The average Bonchev–Trinajstić information content (AvgIpc) is 3.20. The van der Waals surface area contributed by atoms with E-state index < -0.39 is 41.8 Å². The topological polar surface area (TPSA) is 168 Å². The summed E-state index contributed by atoms with van der Waals surface area (Å²) < 4.78 is 0. The molecule has 0 aromatic heterocycles. The van der Waals surface area contributed by atoms with E-state index in [0.717, 1.165) is 0 Å². The number of rotatable bonds is 12. The minimum absolute atomic E-state index is 0.163. The van der Waals surface area contributed by atoms with Crippen molar-refractivity contribution in [2.45, 2.75) is 70.5 Å². The number of carboxylic acid groups (broad SMARTS) is 1. The zero-order valence-corrected chi connectivity index (χ0v) is 17.4. The van der Waals surface area contributed by atoms with Crippen LogP contribution in [0.3, 0.4) is 0 Å². The Labute approximate surface area is 171 Å². The Morgan fingerprint density at radius 2 is 1.86 bits per heavy atom. The Hall–Kier alpha value is -2.20. The largest absolute Gasteiger partial charge is 0.480 e. The molecule has 1 fully saturated rings. The second-order valence-electron chi connectivity index (χ2n) is 7.51. The van der Waals surface area contributed by atoms with Crippen LogP contribution in [0, 0.1) is 5.92 Å². The van der Waals surface area contributed by atoms with Crippen LogP contribution >= 0.6 is 0 Å². The van der Waals surface area contributed by atoms with Crippen molar-refractivity contribution in [3.05, 3.63) is 0 Å². The second-order valence-corrected chi connectivity index (χ2v) is 7.51. The van der Waals surface area contributed by atoms with E-state index in [4.69, 9.17) is 11.5 Å². The van der Waals surface area contributed by atoms with Gasteiger partial charge in [0.05, 0.1) is 6.54 Å². The Morgan fingerprint density at radius 1 is 1.17 bits per heavy atom. The predicted octanol–water partition coefficient (Wildman–Crippen LogP) is -0.835. The Kier molecular flexibility index (Phi) is 10.6. The van der Waals surface area contributed by atoms with E-state index in [1.807, 2.05) is 13.8 Å². The first-order valence-electron chi connectivity index (χ1n) is 10.3. The molecule has 1 rings (SSSR count). The molecule has 4 atom stereocenters. The molecule has 0 aromatic rings. The standard InChI is InChI=1S/C19H35N5O5/c1-3-12(2)16(23-15(25)11-21)17(26)22-13(7-4-5-9-20)18(27)24-10-6-8-14(24)19(28)29/h12-14,16H,3-11,20-21H2,1-2H3,(H,22,26)(H,23,25)(H,28,29). The fourth-order valence-corrected chi connectivity index (χ4v) is 3.43. The van der Waals surface area contributed by atoms with Gasteiger partial charge >= 0.3 is 5.97 Å². The molecule has 10 heteroatoms. The van der Waals surface area contributed by atoms with Crippen molar-refractivity contribution in [1.82, 2.24) is 15.5 Å². The van der Waals surface area contributed by atoms with Crippen molar-refractivity contribution < 1.29 is 24.3 Å². The number of carboxylic acids is 1.